The third-order valence-corrected chi connectivity index (χ3v) is 6.48. The number of likely N-dealkylation sites (tertiary alicyclic amines) is 1. The van der Waals surface area contributed by atoms with Crippen LogP contribution in [-0.2, 0) is 0 Å². The first kappa shape index (κ1) is 20.9. The second-order valence-electron chi connectivity index (χ2n) is 8.44. The molecule has 1 aliphatic rings. The van der Waals surface area contributed by atoms with Gasteiger partial charge in [-0.05, 0) is 73.8 Å². The Morgan fingerprint density at radius 2 is 1.81 bits per heavy atom. The van der Waals surface area contributed by atoms with Gasteiger partial charge < -0.3 is 14.2 Å². The monoisotopic (exact) mass is 448 g/mol. The molecule has 1 aliphatic heterocycles. The number of piperidine rings is 1. The zero-order chi connectivity index (χ0) is 22.1. The maximum absolute atomic E-state index is 12.9. The van der Waals surface area contributed by atoms with Crippen molar-refractivity contribution in [3.8, 4) is 0 Å². The molecule has 3 heterocycles. The molecule has 1 atom stereocenters. The zero-order valence-corrected chi connectivity index (χ0v) is 18.6. The predicted octanol–water partition coefficient (Wildman–Crippen LogP) is 6.75. The fourth-order valence-electron chi connectivity index (χ4n) is 4.43. The summed E-state index contributed by atoms with van der Waals surface area (Å²) in [6.07, 6.45) is 3.74. The van der Waals surface area contributed by atoms with E-state index in [1.807, 2.05) is 48.5 Å². The summed E-state index contributed by atoms with van der Waals surface area (Å²) in [7, 11) is 0. The Kier molecular flexibility index (Phi) is 5.77. The summed E-state index contributed by atoms with van der Waals surface area (Å²) in [5.74, 6) is 1.38. The molecule has 1 amide bonds. The van der Waals surface area contributed by atoms with Gasteiger partial charge in [0.25, 0.3) is 5.91 Å². The lowest BCUT2D eigenvalue weighted by molar-refractivity contribution is 0.0995. The molecule has 1 unspecified atom stereocenters. The van der Waals surface area contributed by atoms with Crippen molar-refractivity contribution in [1.29, 1.82) is 0 Å². The van der Waals surface area contributed by atoms with Crippen LogP contribution in [0.1, 0.15) is 47.7 Å². The molecule has 5 rings (SSSR count). The van der Waals surface area contributed by atoms with Crippen molar-refractivity contribution in [3.05, 3.63) is 89.0 Å². The average Bonchev–Trinajstić information content (AvgIpc) is 3.46. The molecule has 0 aliphatic carbocycles. The van der Waals surface area contributed by atoms with Gasteiger partial charge in [0.1, 0.15) is 11.3 Å². The van der Waals surface area contributed by atoms with Crippen LogP contribution < -0.4 is 5.32 Å². The van der Waals surface area contributed by atoms with E-state index in [2.05, 4.69) is 17.1 Å². The molecule has 1 N–H and O–H groups in total. The number of halogens is 1. The third-order valence-electron chi connectivity index (χ3n) is 6.22. The van der Waals surface area contributed by atoms with E-state index in [9.17, 15) is 4.79 Å². The molecular weight excluding hydrogens is 424 g/mol. The van der Waals surface area contributed by atoms with Gasteiger partial charge in [-0.3, -0.25) is 9.69 Å². The quantitative estimate of drug-likeness (QED) is 0.366. The number of fused-ring (bicyclic) bond motifs is 1. The van der Waals surface area contributed by atoms with Crippen molar-refractivity contribution in [2.75, 3.05) is 18.4 Å². The fourth-order valence-corrected chi connectivity index (χ4v) is 4.55. The highest BCUT2D eigenvalue weighted by Crippen LogP contribution is 2.42. The summed E-state index contributed by atoms with van der Waals surface area (Å²) < 4.78 is 11.7. The Morgan fingerprint density at radius 1 is 1.06 bits per heavy atom. The smallest absolute Gasteiger partial charge is 0.291 e. The second-order valence-corrected chi connectivity index (χ2v) is 8.88. The van der Waals surface area contributed by atoms with Gasteiger partial charge in [-0.1, -0.05) is 42.8 Å². The first-order valence-corrected chi connectivity index (χ1v) is 11.3. The Bertz CT molecular complexity index is 1210. The standard InChI is InChI=1S/C26H25ClN2O3/c1-17-12-14-29(15-13-17)24(18-8-10-19(27)11-9-18)25-23(20-5-2-3-6-21(20)32-25)28-26(30)22-7-4-16-31-22/h2-11,16-17,24H,12-15H2,1H3,(H,28,30). The number of carbonyl (C=O) groups is 1. The van der Waals surface area contributed by atoms with Gasteiger partial charge in [0, 0.05) is 10.4 Å². The SMILES string of the molecule is CC1CCN(C(c2ccc(Cl)cc2)c2oc3ccccc3c2NC(=O)c2ccco2)CC1. The van der Waals surface area contributed by atoms with E-state index in [-0.39, 0.29) is 17.7 Å². The number of rotatable bonds is 5. The van der Waals surface area contributed by atoms with E-state index < -0.39 is 0 Å². The summed E-state index contributed by atoms with van der Waals surface area (Å²) in [6, 6.07) is 18.9. The molecule has 164 valence electrons. The number of furan rings is 2. The minimum atomic E-state index is -0.301. The van der Waals surface area contributed by atoms with Crippen molar-refractivity contribution in [2.45, 2.75) is 25.8 Å². The molecule has 0 spiro atoms. The van der Waals surface area contributed by atoms with Gasteiger partial charge in [0.15, 0.2) is 5.76 Å². The van der Waals surface area contributed by atoms with Crippen molar-refractivity contribution in [1.82, 2.24) is 4.90 Å². The number of carbonyl (C=O) groups excluding carboxylic acids is 1. The summed E-state index contributed by atoms with van der Waals surface area (Å²) in [4.78, 5) is 15.3. The molecule has 32 heavy (non-hydrogen) atoms. The largest absolute Gasteiger partial charge is 0.459 e. The van der Waals surface area contributed by atoms with Gasteiger partial charge in [0.05, 0.1) is 18.0 Å². The lowest BCUT2D eigenvalue weighted by atomic mass is 9.94. The minimum absolute atomic E-state index is 0.140. The van der Waals surface area contributed by atoms with Crippen LogP contribution in [-0.4, -0.2) is 23.9 Å². The number of para-hydroxylation sites is 1. The van der Waals surface area contributed by atoms with Crippen molar-refractivity contribution in [3.63, 3.8) is 0 Å². The van der Waals surface area contributed by atoms with Crippen molar-refractivity contribution in [2.24, 2.45) is 5.92 Å². The van der Waals surface area contributed by atoms with Crippen LogP contribution in [0.15, 0.2) is 75.8 Å². The van der Waals surface area contributed by atoms with Crippen LogP contribution >= 0.6 is 11.6 Å². The molecule has 2 aromatic heterocycles. The molecule has 1 fully saturated rings. The molecule has 2 aromatic carbocycles. The van der Waals surface area contributed by atoms with E-state index >= 15 is 0 Å². The van der Waals surface area contributed by atoms with E-state index in [0.29, 0.717) is 16.6 Å². The Labute approximate surface area is 192 Å². The molecule has 1 saturated heterocycles. The highest BCUT2D eigenvalue weighted by molar-refractivity contribution is 6.30. The lowest BCUT2D eigenvalue weighted by Gasteiger charge is -2.36. The number of anilines is 1. The van der Waals surface area contributed by atoms with E-state index in [1.165, 1.54) is 6.26 Å². The Morgan fingerprint density at radius 3 is 2.53 bits per heavy atom. The van der Waals surface area contributed by atoms with Crippen LogP contribution in [0.4, 0.5) is 5.69 Å². The Hall–Kier alpha value is -3.02. The number of hydrogen-bond donors (Lipinski definition) is 1. The molecule has 4 aromatic rings. The zero-order valence-electron chi connectivity index (χ0n) is 17.9. The maximum Gasteiger partial charge on any atom is 0.291 e. The van der Waals surface area contributed by atoms with Crippen molar-refractivity contribution >= 4 is 34.2 Å². The predicted molar refractivity (Wildman–Crippen MR) is 126 cm³/mol. The molecule has 0 saturated carbocycles. The summed E-state index contributed by atoms with van der Waals surface area (Å²) in [5.41, 5.74) is 2.50. The molecule has 5 nitrogen and oxygen atoms in total. The summed E-state index contributed by atoms with van der Waals surface area (Å²) in [5, 5.41) is 4.62. The topological polar surface area (TPSA) is 58.6 Å². The van der Waals surface area contributed by atoms with E-state index in [0.717, 1.165) is 48.2 Å². The van der Waals surface area contributed by atoms with Crippen LogP contribution in [0.5, 0.6) is 0 Å². The highest BCUT2D eigenvalue weighted by Gasteiger charge is 2.32. The van der Waals surface area contributed by atoms with E-state index in [1.54, 1.807) is 12.1 Å². The molecule has 0 radical (unpaired) electrons. The van der Waals surface area contributed by atoms with Gasteiger partial charge in [-0.15, -0.1) is 0 Å². The highest BCUT2D eigenvalue weighted by atomic mass is 35.5. The fraction of sp³-hybridized carbons (Fsp3) is 0.269. The molecule has 6 heteroatoms. The van der Waals surface area contributed by atoms with Crippen LogP contribution in [0.3, 0.4) is 0 Å². The van der Waals surface area contributed by atoms with Gasteiger partial charge in [-0.2, -0.15) is 0 Å². The van der Waals surface area contributed by atoms with Crippen LogP contribution in [0.2, 0.25) is 5.02 Å². The van der Waals surface area contributed by atoms with Gasteiger partial charge in [0.2, 0.25) is 0 Å². The van der Waals surface area contributed by atoms with Crippen LogP contribution in [0.25, 0.3) is 11.0 Å². The van der Waals surface area contributed by atoms with Gasteiger partial charge in [-0.25, -0.2) is 0 Å². The normalized spacial score (nSPS) is 16.3. The average molecular weight is 449 g/mol. The third kappa shape index (κ3) is 4.06. The molecule has 0 bridgehead atoms. The second kappa shape index (κ2) is 8.85. The van der Waals surface area contributed by atoms with Gasteiger partial charge >= 0.3 is 0 Å². The first-order valence-electron chi connectivity index (χ1n) is 11.0. The molecular formula is C26H25ClN2O3. The first-order chi connectivity index (χ1) is 15.6. The van der Waals surface area contributed by atoms with Crippen LogP contribution in [0, 0.1) is 5.92 Å². The Balaban J connectivity index is 1.63. The van der Waals surface area contributed by atoms with E-state index in [4.69, 9.17) is 20.4 Å². The summed E-state index contributed by atoms with van der Waals surface area (Å²) in [6.45, 7) is 4.21. The van der Waals surface area contributed by atoms with Crippen molar-refractivity contribution < 1.29 is 13.6 Å². The number of hydrogen-bond acceptors (Lipinski definition) is 4. The lowest BCUT2D eigenvalue weighted by Crippen LogP contribution is -2.37. The number of benzene rings is 2. The number of amides is 1. The number of nitrogens with zero attached hydrogens (tertiary/aromatic N) is 1. The maximum atomic E-state index is 12.9. The number of nitrogens with one attached hydrogen (secondary N) is 1. The summed E-state index contributed by atoms with van der Waals surface area (Å²) >= 11 is 6.18. The minimum Gasteiger partial charge on any atom is -0.459 e.